The van der Waals surface area contributed by atoms with Gasteiger partial charge in [0.25, 0.3) is 0 Å². The molecule has 17 heavy (non-hydrogen) atoms. The van der Waals surface area contributed by atoms with E-state index < -0.39 is 0 Å². The van der Waals surface area contributed by atoms with Crippen LogP contribution in [0.2, 0.25) is 0 Å². The molecule has 0 atom stereocenters. The molecular weight excluding hydrogens is 219 g/mol. The van der Waals surface area contributed by atoms with Crippen LogP contribution in [0.15, 0.2) is 23.8 Å². The van der Waals surface area contributed by atoms with Crippen molar-refractivity contribution >= 4 is 12.0 Å². The van der Waals surface area contributed by atoms with Gasteiger partial charge in [0.1, 0.15) is 5.82 Å². The maximum absolute atomic E-state index is 13.1. The van der Waals surface area contributed by atoms with Crippen molar-refractivity contribution in [2.24, 2.45) is 0 Å². The molecule has 0 aliphatic carbocycles. The quantitative estimate of drug-likeness (QED) is 0.591. The first kappa shape index (κ1) is 13.4. The van der Waals surface area contributed by atoms with Gasteiger partial charge in [-0.25, -0.2) is 9.18 Å². The Bertz CT molecular complexity index is 436. The number of esters is 1. The molecule has 1 aromatic rings. The standard InChI is InChI=1S/C14H17FO2/c1-4-11(14(16)17-5-2)8-12-9-13(15)7-6-10(12)3/h6-9H,4-5H2,1-3H3/b11-8+. The predicted molar refractivity (Wildman–Crippen MR) is 66.0 cm³/mol. The number of carbonyl (C=O) groups is 1. The Labute approximate surface area is 101 Å². The molecule has 0 N–H and O–H groups in total. The van der Waals surface area contributed by atoms with Gasteiger partial charge < -0.3 is 4.74 Å². The summed E-state index contributed by atoms with van der Waals surface area (Å²) in [4.78, 5) is 11.6. The normalized spacial score (nSPS) is 11.4. The molecule has 0 bridgehead atoms. The summed E-state index contributed by atoms with van der Waals surface area (Å²) in [5.41, 5.74) is 2.21. The SMILES string of the molecule is CCOC(=O)/C(=C/c1cc(F)ccc1C)CC. The number of halogens is 1. The van der Waals surface area contributed by atoms with Gasteiger partial charge in [0.15, 0.2) is 0 Å². The third kappa shape index (κ3) is 3.70. The van der Waals surface area contributed by atoms with Crippen LogP contribution in [0.3, 0.4) is 0 Å². The highest BCUT2D eigenvalue weighted by atomic mass is 19.1. The third-order valence-electron chi connectivity index (χ3n) is 2.49. The average molecular weight is 236 g/mol. The van der Waals surface area contributed by atoms with Gasteiger partial charge in [0, 0.05) is 5.57 Å². The Morgan fingerprint density at radius 3 is 2.71 bits per heavy atom. The second kappa shape index (κ2) is 6.18. The Kier molecular flexibility index (Phi) is 4.88. The maximum atomic E-state index is 13.1. The Morgan fingerprint density at radius 1 is 1.41 bits per heavy atom. The highest BCUT2D eigenvalue weighted by molar-refractivity contribution is 5.93. The van der Waals surface area contributed by atoms with E-state index in [9.17, 15) is 9.18 Å². The van der Waals surface area contributed by atoms with E-state index in [1.54, 1.807) is 19.1 Å². The molecule has 0 saturated heterocycles. The smallest absolute Gasteiger partial charge is 0.333 e. The zero-order valence-corrected chi connectivity index (χ0v) is 10.4. The Balaban J connectivity index is 3.05. The van der Waals surface area contributed by atoms with Crippen molar-refractivity contribution in [3.63, 3.8) is 0 Å². The van der Waals surface area contributed by atoms with Crippen LogP contribution in [0.5, 0.6) is 0 Å². The van der Waals surface area contributed by atoms with Gasteiger partial charge in [0.05, 0.1) is 6.61 Å². The van der Waals surface area contributed by atoms with Crippen LogP contribution in [0, 0.1) is 12.7 Å². The van der Waals surface area contributed by atoms with Crippen molar-refractivity contribution in [2.75, 3.05) is 6.61 Å². The van der Waals surface area contributed by atoms with Crippen molar-refractivity contribution in [1.29, 1.82) is 0 Å². The summed E-state index contributed by atoms with van der Waals surface area (Å²) in [7, 11) is 0. The third-order valence-corrected chi connectivity index (χ3v) is 2.49. The lowest BCUT2D eigenvalue weighted by Gasteiger charge is -2.06. The van der Waals surface area contributed by atoms with Crippen molar-refractivity contribution in [3.05, 3.63) is 40.7 Å². The van der Waals surface area contributed by atoms with E-state index in [0.717, 1.165) is 11.1 Å². The van der Waals surface area contributed by atoms with Crippen molar-refractivity contribution in [3.8, 4) is 0 Å². The van der Waals surface area contributed by atoms with Crippen LogP contribution in [-0.2, 0) is 9.53 Å². The molecule has 1 aromatic carbocycles. The van der Waals surface area contributed by atoms with Crippen LogP contribution >= 0.6 is 0 Å². The van der Waals surface area contributed by atoms with Crippen molar-refractivity contribution in [2.45, 2.75) is 27.2 Å². The zero-order chi connectivity index (χ0) is 12.8. The summed E-state index contributed by atoms with van der Waals surface area (Å²) in [6.07, 6.45) is 2.26. The number of ether oxygens (including phenoxy) is 1. The molecule has 0 spiro atoms. The average Bonchev–Trinajstić information content (AvgIpc) is 2.30. The van der Waals surface area contributed by atoms with Gasteiger partial charge >= 0.3 is 5.97 Å². The fourth-order valence-electron chi connectivity index (χ4n) is 1.48. The summed E-state index contributed by atoms with van der Waals surface area (Å²) in [6.45, 7) is 5.86. The van der Waals surface area contributed by atoms with Crippen LogP contribution in [-0.4, -0.2) is 12.6 Å². The molecule has 0 aliphatic heterocycles. The van der Waals surface area contributed by atoms with Gasteiger partial charge in [-0.15, -0.1) is 0 Å². The summed E-state index contributed by atoms with van der Waals surface area (Å²) in [5.74, 6) is -0.639. The summed E-state index contributed by atoms with van der Waals surface area (Å²) < 4.78 is 18.0. The van der Waals surface area contributed by atoms with Crippen LogP contribution in [0.1, 0.15) is 31.4 Å². The van der Waals surface area contributed by atoms with Crippen molar-refractivity contribution in [1.82, 2.24) is 0 Å². The molecule has 3 heteroatoms. The minimum Gasteiger partial charge on any atom is -0.463 e. The van der Waals surface area contributed by atoms with Gasteiger partial charge in [-0.05, 0) is 49.6 Å². The van der Waals surface area contributed by atoms with Crippen molar-refractivity contribution < 1.29 is 13.9 Å². The largest absolute Gasteiger partial charge is 0.463 e. The van der Waals surface area contributed by atoms with E-state index >= 15 is 0 Å². The first-order valence-electron chi connectivity index (χ1n) is 5.72. The second-order valence-electron chi connectivity index (χ2n) is 3.74. The second-order valence-corrected chi connectivity index (χ2v) is 3.74. The minimum absolute atomic E-state index is 0.304. The molecule has 0 radical (unpaired) electrons. The summed E-state index contributed by atoms with van der Waals surface area (Å²) in [5, 5.41) is 0. The molecule has 0 unspecified atom stereocenters. The lowest BCUT2D eigenvalue weighted by molar-refractivity contribution is -0.138. The number of hydrogen-bond acceptors (Lipinski definition) is 2. The maximum Gasteiger partial charge on any atom is 0.333 e. The lowest BCUT2D eigenvalue weighted by atomic mass is 10.0. The van der Waals surface area contributed by atoms with Gasteiger partial charge in [-0.2, -0.15) is 0 Å². The summed E-state index contributed by atoms with van der Waals surface area (Å²) >= 11 is 0. The highest BCUT2D eigenvalue weighted by Crippen LogP contribution is 2.16. The molecule has 0 aliphatic rings. The topological polar surface area (TPSA) is 26.3 Å². The summed E-state index contributed by atoms with van der Waals surface area (Å²) in [6, 6.07) is 4.52. The van der Waals surface area contributed by atoms with E-state index in [1.165, 1.54) is 12.1 Å². The van der Waals surface area contributed by atoms with E-state index in [1.807, 2.05) is 13.8 Å². The van der Waals surface area contributed by atoms with E-state index in [2.05, 4.69) is 0 Å². The first-order valence-corrected chi connectivity index (χ1v) is 5.72. The minimum atomic E-state index is -0.335. The van der Waals surface area contributed by atoms with Gasteiger partial charge in [-0.1, -0.05) is 13.0 Å². The molecule has 0 heterocycles. The monoisotopic (exact) mass is 236 g/mol. The molecule has 0 fully saturated rings. The van der Waals surface area contributed by atoms with E-state index in [-0.39, 0.29) is 11.8 Å². The number of aryl methyl sites for hydroxylation is 1. The molecule has 1 rings (SSSR count). The molecule has 0 aromatic heterocycles. The first-order chi connectivity index (χ1) is 8.08. The van der Waals surface area contributed by atoms with Gasteiger partial charge in [-0.3, -0.25) is 0 Å². The lowest BCUT2D eigenvalue weighted by Crippen LogP contribution is -2.07. The number of benzene rings is 1. The highest BCUT2D eigenvalue weighted by Gasteiger charge is 2.09. The molecular formula is C14H17FO2. The molecule has 0 saturated carbocycles. The van der Waals surface area contributed by atoms with Crippen LogP contribution in [0.25, 0.3) is 6.08 Å². The number of rotatable bonds is 4. The molecule has 92 valence electrons. The molecule has 2 nitrogen and oxygen atoms in total. The zero-order valence-electron chi connectivity index (χ0n) is 10.4. The number of hydrogen-bond donors (Lipinski definition) is 0. The van der Waals surface area contributed by atoms with E-state index in [0.29, 0.717) is 18.6 Å². The number of carbonyl (C=O) groups excluding carboxylic acids is 1. The van der Waals surface area contributed by atoms with Crippen LogP contribution < -0.4 is 0 Å². The van der Waals surface area contributed by atoms with Gasteiger partial charge in [0.2, 0.25) is 0 Å². The Morgan fingerprint density at radius 2 is 2.12 bits per heavy atom. The molecule has 0 amide bonds. The fourth-order valence-corrected chi connectivity index (χ4v) is 1.48. The predicted octanol–water partition coefficient (Wildman–Crippen LogP) is 3.49. The van der Waals surface area contributed by atoms with Crippen LogP contribution in [0.4, 0.5) is 4.39 Å². The Hall–Kier alpha value is -1.64. The van der Waals surface area contributed by atoms with E-state index in [4.69, 9.17) is 4.74 Å². The fraction of sp³-hybridized carbons (Fsp3) is 0.357.